The van der Waals surface area contributed by atoms with Crippen molar-refractivity contribution in [2.75, 3.05) is 13.3 Å². The van der Waals surface area contributed by atoms with Crippen molar-refractivity contribution in [2.24, 2.45) is 0 Å². The number of carboxylic acid groups (broad SMARTS) is 1. The number of rotatable bonds is 6. The Morgan fingerprint density at radius 2 is 1.64 bits per heavy atom. The van der Waals surface area contributed by atoms with Gasteiger partial charge in [-0.05, 0) is 25.0 Å². The van der Waals surface area contributed by atoms with Gasteiger partial charge in [0.25, 0.3) is 11.8 Å². The second-order valence-electron chi connectivity index (χ2n) is 5.22. The summed E-state index contributed by atoms with van der Waals surface area (Å²) >= 11 is 0. The van der Waals surface area contributed by atoms with Crippen LogP contribution < -0.4 is 9.47 Å². The average Bonchev–Trinajstić information content (AvgIpc) is 3.03. The second kappa shape index (κ2) is 5.67. The van der Waals surface area contributed by atoms with E-state index >= 15 is 0 Å². The Morgan fingerprint density at radius 3 is 2.18 bits per heavy atom. The molecule has 0 fully saturated rings. The Bertz CT molecular complexity index is 611. The molecule has 0 bridgehead atoms. The first-order valence-corrected chi connectivity index (χ1v) is 7.09. The number of hydrogen-bond acceptors (Lipinski definition) is 5. The maximum absolute atomic E-state index is 12.3. The summed E-state index contributed by atoms with van der Waals surface area (Å²) < 4.78 is 10.4. The van der Waals surface area contributed by atoms with Gasteiger partial charge in [0.2, 0.25) is 6.79 Å². The number of carbonyl (C=O) groups is 3. The summed E-state index contributed by atoms with van der Waals surface area (Å²) in [6.45, 7) is 0.381. The van der Waals surface area contributed by atoms with Gasteiger partial charge in [-0.3, -0.25) is 19.3 Å². The lowest BCUT2D eigenvalue weighted by molar-refractivity contribution is -0.137. The van der Waals surface area contributed by atoms with E-state index in [0.29, 0.717) is 48.4 Å². The smallest absolute Gasteiger partial charge is 0.303 e. The monoisotopic (exact) mass is 305 g/mol. The molecule has 7 heteroatoms. The Morgan fingerprint density at radius 1 is 1.05 bits per heavy atom. The van der Waals surface area contributed by atoms with Crippen molar-refractivity contribution in [1.29, 1.82) is 0 Å². The van der Waals surface area contributed by atoms with Gasteiger partial charge in [-0.15, -0.1) is 0 Å². The minimum atomic E-state index is -0.838. The molecule has 2 amide bonds. The molecule has 2 aliphatic heterocycles. The number of benzene rings is 1. The summed E-state index contributed by atoms with van der Waals surface area (Å²) in [4.78, 5) is 36.2. The molecule has 0 spiro atoms. The molecule has 116 valence electrons. The van der Waals surface area contributed by atoms with Crippen molar-refractivity contribution < 1.29 is 29.0 Å². The van der Waals surface area contributed by atoms with Gasteiger partial charge in [0, 0.05) is 13.0 Å². The van der Waals surface area contributed by atoms with Crippen LogP contribution in [0.3, 0.4) is 0 Å². The molecular weight excluding hydrogens is 290 g/mol. The third kappa shape index (κ3) is 2.49. The van der Waals surface area contributed by atoms with Crippen LogP contribution in [0.15, 0.2) is 12.1 Å². The van der Waals surface area contributed by atoms with E-state index in [1.54, 1.807) is 12.1 Å². The number of imide groups is 1. The zero-order valence-electron chi connectivity index (χ0n) is 11.8. The van der Waals surface area contributed by atoms with Crippen LogP contribution >= 0.6 is 0 Å². The molecule has 0 saturated heterocycles. The van der Waals surface area contributed by atoms with Crippen molar-refractivity contribution in [3.63, 3.8) is 0 Å². The number of aliphatic carboxylic acids is 1. The van der Waals surface area contributed by atoms with Crippen LogP contribution in [0.25, 0.3) is 0 Å². The lowest BCUT2D eigenvalue weighted by Gasteiger charge is -2.13. The van der Waals surface area contributed by atoms with Crippen LogP contribution in [0.2, 0.25) is 0 Å². The standard InChI is InChI=1S/C15H15NO6/c17-13(18)4-2-1-3-5-16-14(19)9-6-11-12(22-8-21-11)7-10(9)15(16)20/h6-7H,1-5,8H2,(H,17,18). The maximum atomic E-state index is 12.3. The van der Waals surface area contributed by atoms with E-state index in [1.165, 1.54) is 4.90 Å². The van der Waals surface area contributed by atoms with Crippen molar-refractivity contribution in [3.8, 4) is 11.5 Å². The fourth-order valence-corrected chi connectivity index (χ4v) is 2.60. The summed E-state index contributed by atoms with van der Waals surface area (Å²) in [5.74, 6) is -0.560. The van der Waals surface area contributed by atoms with Gasteiger partial charge < -0.3 is 14.6 Å². The number of unbranched alkanes of at least 4 members (excludes halogenated alkanes) is 2. The first-order valence-electron chi connectivity index (χ1n) is 7.09. The fraction of sp³-hybridized carbons (Fsp3) is 0.400. The quantitative estimate of drug-likeness (QED) is 0.634. The average molecular weight is 305 g/mol. The summed E-state index contributed by atoms with van der Waals surface area (Å²) in [5, 5.41) is 8.57. The number of carbonyl (C=O) groups excluding carboxylic acids is 2. The molecule has 0 unspecified atom stereocenters. The highest BCUT2D eigenvalue weighted by Gasteiger charge is 2.37. The molecule has 7 nitrogen and oxygen atoms in total. The lowest BCUT2D eigenvalue weighted by atomic mass is 10.1. The highest BCUT2D eigenvalue weighted by atomic mass is 16.7. The van der Waals surface area contributed by atoms with Crippen LogP contribution in [0.1, 0.15) is 46.4 Å². The van der Waals surface area contributed by atoms with Crippen LogP contribution in [0, 0.1) is 0 Å². The molecule has 0 aliphatic carbocycles. The minimum absolute atomic E-state index is 0.0912. The normalized spacial score (nSPS) is 15.4. The van der Waals surface area contributed by atoms with Gasteiger partial charge >= 0.3 is 5.97 Å². The van der Waals surface area contributed by atoms with Crippen molar-refractivity contribution >= 4 is 17.8 Å². The van der Waals surface area contributed by atoms with Gasteiger partial charge in [-0.25, -0.2) is 0 Å². The molecule has 2 aliphatic rings. The molecule has 1 aromatic rings. The van der Waals surface area contributed by atoms with Crippen molar-refractivity contribution in [2.45, 2.75) is 25.7 Å². The Kier molecular flexibility index (Phi) is 3.70. The number of carboxylic acids is 1. The van der Waals surface area contributed by atoms with E-state index in [4.69, 9.17) is 14.6 Å². The van der Waals surface area contributed by atoms with E-state index < -0.39 is 5.97 Å². The Labute approximate surface area is 126 Å². The molecule has 22 heavy (non-hydrogen) atoms. The van der Waals surface area contributed by atoms with Crippen LogP contribution in [0.5, 0.6) is 11.5 Å². The van der Waals surface area contributed by atoms with Crippen LogP contribution in [-0.2, 0) is 4.79 Å². The van der Waals surface area contributed by atoms with Gasteiger partial charge in [-0.2, -0.15) is 0 Å². The van der Waals surface area contributed by atoms with E-state index in [0.717, 1.165) is 0 Å². The third-order valence-corrected chi connectivity index (χ3v) is 3.74. The predicted molar refractivity (Wildman–Crippen MR) is 74.0 cm³/mol. The number of ether oxygens (including phenoxy) is 2. The first-order chi connectivity index (χ1) is 10.6. The molecule has 0 aromatic heterocycles. The highest BCUT2D eigenvalue weighted by molar-refractivity contribution is 6.21. The van der Waals surface area contributed by atoms with E-state index in [2.05, 4.69) is 0 Å². The molecule has 1 N–H and O–H groups in total. The largest absolute Gasteiger partial charge is 0.481 e. The van der Waals surface area contributed by atoms with Crippen LogP contribution in [0.4, 0.5) is 0 Å². The molecule has 2 heterocycles. The van der Waals surface area contributed by atoms with Gasteiger partial charge in [0.1, 0.15) is 0 Å². The first kappa shape index (κ1) is 14.4. The van der Waals surface area contributed by atoms with Crippen LogP contribution in [-0.4, -0.2) is 41.1 Å². The predicted octanol–water partition coefficient (Wildman–Crippen LogP) is 1.66. The van der Waals surface area contributed by atoms with Gasteiger partial charge in [0.05, 0.1) is 11.1 Å². The molecular formula is C15H15NO6. The van der Waals surface area contributed by atoms with E-state index in [1.807, 2.05) is 0 Å². The third-order valence-electron chi connectivity index (χ3n) is 3.74. The zero-order valence-corrected chi connectivity index (χ0v) is 11.8. The SMILES string of the molecule is O=C(O)CCCCCN1C(=O)c2cc3c(cc2C1=O)OCO3. The summed E-state index contributed by atoms with van der Waals surface area (Å²) in [6, 6.07) is 3.09. The molecule has 0 atom stereocenters. The summed E-state index contributed by atoms with van der Waals surface area (Å²) in [6.07, 6.45) is 1.88. The maximum Gasteiger partial charge on any atom is 0.303 e. The molecule has 3 rings (SSSR count). The number of amides is 2. The summed E-state index contributed by atoms with van der Waals surface area (Å²) in [7, 11) is 0. The fourth-order valence-electron chi connectivity index (χ4n) is 2.60. The van der Waals surface area contributed by atoms with Crippen molar-refractivity contribution in [3.05, 3.63) is 23.3 Å². The molecule has 1 aromatic carbocycles. The molecule has 0 radical (unpaired) electrons. The number of hydrogen-bond donors (Lipinski definition) is 1. The minimum Gasteiger partial charge on any atom is -0.481 e. The van der Waals surface area contributed by atoms with Gasteiger partial charge in [-0.1, -0.05) is 6.42 Å². The number of nitrogens with zero attached hydrogens (tertiary/aromatic N) is 1. The topological polar surface area (TPSA) is 93.1 Å². The van der Waals surface area contributed by atoms with E-state index in [-0.39, 0.29) is 25.0 Å². The highest BCUT2D eigenvalue weighted by Crippen LogP contribution is 2.38. The lowest BCUT2D eigenvalue weighted by Crippen LogP contribution is -2.30. The number of fused-ring (bicyclic) bond motifs is 2. The second-order valence-corrected chi connectivity index (χ2v) is 5.22. The van der Waals surface area contributed by atoms with E-state index in [9.17, 15) is 14.4 Å². The Hall–Kier alpha value is -2.57. The molecule has 0 saturated carbocycles. The van der Waals surface area contributed by atoms with Crippen molar-refractivity contribution in [1.82, 2.24) is 4.90 Å². The zero-order chi connectivity index (χ0) is 15.7. The van der Waals surface area contributed by atoms with Gasteiger partial charge in [0.15, 0.2) is 11.5 Å². The summed E-state index contributed by atoms with van der Waals surface area (Å²) in [5.41, 5.74) is 0.666. The Balaban J connectivity index is 1.65.